The molecule has 8 heteroatoms. The van der Waals surface area contributed by atoms with Gasteiger partial charge in [-0.3, -0.25) is 9.79 Å². The van der Waals surface area contributed by atoms with E-state index in [0.29, 0.717) is 50.0 Å². The van der Waals surface area contributed by atoms with Crippen molar-refractivity contribution in [2.24, 2.45) is 4.99 Å². The van der Waals surface area contributed by atoms with Crippen LogP contribution in [-0.4, -0.2) is 74.1 Å². The fraction of sp³-hybridized carbons (Fsp3) is 0.421. The van der Waals surface area contributed by atoms with Crippen LogP contribution in [0.5, 0.6) is 0 Å². The Hall–Kier alpha value is -3.21. The minimum atomic E-state index is -0.298. The van der Waals surface area contributed by atoms with E-state index in [4.69, 9.17) is 11.2 Å². The SMILES string of the molecule is C#Cc1cccc(NC(=O)CNC(=NC)N2CCN(C(=O)OCC)CC2)c1. The molecule has 1 fully saturated rings. The van der Waals surface area contributed by atoms with Gasteiger partial charge in [-0.2, -0.15) is 0 Å². The summed E-state index contributed by atoms with van der Waals surface area (Å²) in [5.74, 6) is 2.95. The van der Waals surface area contributed by atoms with Crippen LogP contribution < -0.4 is 10.6 Å². The molecule has 0 radical (unpaired) electrons. The van der Waals surface area contributed by atoms with E-state index in [2.05, 4.69) is 21.5 Å². The van der Waals surface area contributed by atoms with Crippen molar-refractivity contribution < 1.29 is 14.3 Å². The quantitative estimate of drug-likeness (QED) is 0.468. The van der Waals surface area contributed by atoms with Crippen LogP contribution in [0.25, 0.3) is 0 Å². The molecule has 1 aromatic rings. The third kappa shape index (κ3) is 5.92. The van der Waals surface area contributed by atoms with Crippen LogP contribution in [0.2, 0.25) is 0 Å². The number of carbonyl (C=O) groups is 2. The Morgan fingerprint density at radius 2 is 1.96 bits per heavy atom. The molecule has 0 bridgehead atoms. The lowest BCUT2D eigenvalue weighted by molar-refractivity contribution is -0.115. The second kappa shape index (κ2) is 10.1. The molecule has 1 heterocycles. The highest BCUT2D eigenvalue weighted by Crippen LogP contribution is 2.09. The van der Waals surface area contributed by atoms with E-state index < -0.39 is 0 Å². The van der Waals surface area contributed by atoms with E-state index >= 15 is 0 Å². The normalized spacial score (nSPS) is 14.3. The van der Waals surface area contributed by atoms with Crippen molar-refractivity contribution in [1.82, 2.24) is 15.1 Å². The summed E-state index contributed by atoms with van der Waals surface area (Å²) >= 11 is 0. The number of anilines is 1. The van der Waals surface area contributed by atoms with Gasteiger partial charge in [0.05, 0.1) is 13.2 Å². The molecule has 0 saturated carbocycles. The average molecular weight is 371 g/mol. The number of piperazine rings is 1. The Morgan fingerprint density at radius 1 is 1.26 bits per heavy atom. The number of terminal acetylenes is 1. The van der Waals surface area contributed by atoms with Gasteiger partial charge in [0.15, 0.2) is 5.96 Å². The average Bonchev–Trinajstić information content (AvgIpc) is 2.69. The van der Waals surface area contributed by atoms with Gasteiger partial charge in [-0.25, -0.2) is 4.79 Å². The first-order valence-corrected chi connectivity index (χ1v) is 8.81. The Bertz CT molecular complexity index is 733. The molecule has 0 spiro atoms. The minimum absolute atomic E-state index is 0.0744. The summed E-state index contributed by atoms with van der Waals surface area (Å²) in [7, 11) is 1.66. The lowest BCUT2D eigenvalue weighted by atomic mass is 10.2. The van der Waals surface area contributed by atoms with Gasteiger partial charge in [0.1, 0.15) is 0 Å². The molecular formula is C19H25N5O3. The highest BCUT2D eigenvalue weighted by atomic mass is 16.6. The number of aliphatic imine (C=N–C) groups is 1. The smallest absolute Gasteiger partial charge is 0.409 e. The topological polar surface area (TPSA) is 86.3 Å². The molecule has 8 nitrogen and oxygen atoms in total. The molecule has 1 aromatic carbocycles. The van der Waals surface area contributed by atoms with Crippen LogP contribution in [-0.2, 0) is 9.53 Å². The van der Waals surface area contributed by atoms with Gasteiger partial charge < -0.3 is 25.2 Å². The van der Waals surface area contributed by atoms with Crippen LogP contribution >= 0.6 is 0 Å². The first-order chi connectivity index (χ1) is 13.1. The number of carbonyl (C=O) groups excluding carboxylic acids is 2. The first-order valence-electron chi connectivity index (χ1n) is 8.81. The maximum absolute atomic E-state index is 12.2. The predicted molar refractivity (Wildman–Crippen MR) is 105 cm³/mol. The molecule has 0 aromatic heterocycles. The van der Waals surface area contributed by atoms with E-state index in [1.807, 2.05) is 4.90 Å². The molecule has 0 aliphatic carbocycles. The number of amides is 2. The third-order valence-electron chi connectivity index (χ3n) is 4.04. The highest BCUT2D eigenvalue weighted by molar-refractivity contribution is 5.95. The zero-order valence-electron chi connectivity index (χ0n) is 15.7. The van der Waals surface area contributed by atoms with E-state index in [1.165, 1.54) is 0 Å². The van der Waals surface area contributed by atoms with Crippen molar-refractivity contribution in [3.8, 4) is 12.3 Å². The number of ether oxygens (including phenoxy) is 1. The van der Waals surface area contributed by atoms with Gasteiger partial charge in [-0.15, -0.1) is 6.42 Å². The molecule has 2 N–H and O–H groups in total. The number of benzene rings is 1. The summed E-state index contributed by atoms with van der Waals surface area (Å²) in [4.78, 5) is 31.8. The fourth-order valence-electron chi connectivity index (χ4n) is 2.70. The Kier molecular flexibility index (Phi) is 7.49. The zero-order chi connectivity index (χ0) is 19.6. The number of guanidine groups is 1. The maximum Gasteiger partial charge on any atom is 0.409 e. The Morgan fingerprint density at radius 3 is 2.59 bits per heavy atom. The molecule has 0 unspecified atom stereocenters. The summed E-state index contributed by atoms with van der Waals surface area (Å²) in [6.07, 6.45) is 5.07. The van der Waals surface area contributed by atoms with Crippen LogP contribution in [0.3, 0.4) is 0 Å². The largest absolute Gasteiger partial charge is 0.450 e. The second-order valence-corrected chi connectivity index (χ2v) is 5.85. The van der Waals surface area contributed by atoms with Crippen molar-refractivity contribution in [2.75, 3.05) is 51.7 Å². The summed E-state index contributed by atoms with van der Waals surface area (Å²) in [6, 6.07) is 7.11. The maximum atomic E-state index is 12.2. The summed E-state index contributed by atoms with van der Waals surface area (Å²) in [6.45, 7) is 4.55. The van der Waals surface area contributed by atoms with Gasteiger partial charge in [0.25, 0.3) is 0 Å². The molecule has 2 amide bonds. The van der Waals surface area contributed by atoms with Gasteiger partial charge in [0.2, 0.25) is 5.91 Å². The summed E-state index contributed by atoms with van der Waals surface area (Å²) < 4.78 is 5.01. The van der Waals surface area contributed by atoms with E-state index in [9.17, 15) is 9.59 Å². The molecule has 2 rings (SSSR count). The number of rotatable bonds is 4. The lowest BCUT2D eigenvalue weighted by Crippen LogP contribution is -2.54. The molecular weight excluding hydrogens is 346 g/mol. The molecule has 0 atom stereocenters. The molecule has 1 aliphatic heterocycles. The molecule has 27 heavy (non-hydrogen) atoms. The summed E-state index contributed by atoms with van der Waals surface area (Å²) in [5.41, 5.74) is 1.35. The van der Waals surface area contributed by atoms with E-state index in [-0.39, 0.29) is 18.5 Å². The first kappa shape index (κ1) is 20.1. The van der Waals surface area contributed by atoms with Gasteiger partial charge in [0, 0.05) is 44.5 Å². The van der Waals surface area contributed by atoms with Crippen molar-refractivity contribution in [3.05, 3.63) is 29.8 Å². The van der Waals surface area contributed by atoms with Gasteiger partial charge in [-0.05, 0) is 25.1 Å². The van der Waals surface area contributed by atoms with Crippen LogP contribution in [0, 0.1) is 12.3 Å². The second-order valence-electron chi connectivity index (χ2n) is 5.85. The monoisotopic (exact) mass is 371 g/mol. The Balaban J connectivity index is 1.81. The van der Waals surface area contributed by atoms with E-state index in [1.54, 1.807) is 43.1 Å². The number of nitrogens with one attached hydrogen (secondary N) is 2. The number of hydrogen-bond acceptors (Lipinski definition) is 4. The van der Waals surface area contributed by atoms with Crippen LogP contribution in [0.4, 0.5) is 10.5 Å². The number of hydrogen-bond donors (Lipinski definition) is 2. The third-order valence-corrected chi connectivity index (χ3v) is 4.04. The minimum Gasteiger partial charge on any atom is -0.450 e. The molecule has 1 aliphatic rings. The highest BCUT2D eigenvalue weighted by Gasteiger charge is 2.23. The van der Waals surface area contributed by atoms with Crippen LogP contribution in [0.15, 0.2) is 29.3 Å². The van der Waals surface area contributed by atoms with Crippen molar-refractivity contribution in [2.45, 2.75) is 6.92 Å². The van der Waals surface area contributed by atoms with Crippen molar-refractivity contribution >= 4 is 23.6 Å². The van der Waals surface area contributed by atoms with Crippen LogP contribution in [0.1, 0.15) is 12.5 Å². The number of nitrogens with zero attached hydrogens (tertiary/aromatic N) is 3. The zero-order valence-corrected chi connectivity index (χ0v) is 15.7. The lowest BCUT2D eigenvalue weighted by Gasteiger charge is -2.35. The van der Waals surface area contributed by atoms with Crippen molar-refractivity contribution in [1.29, 1.82) is 0 Å². The molecule has 1 saturated heterocycles. The standard InChI is InChI=1S/C19H25N5O3/c1-4-15-7-6-8-16(13-15)22-17(25)14-21-18(20-3)23-9-11-24(12-10-23)19(26)27-5-2/h1,6-8,13H,5,9-12,14H2,2-3H3,(H,20,21)(H,22,25). The fourth-order valence-corrected chi connectivity index (χ4v) is 2.70. The van der Waals surface area contributed by atoms with Gasteiger partial charge in [-0.1, -0.05) is 12.0 Å². The molecule has 144 valence electrons. The van der Waals surface area contributed by atoms with E-state index in [0.717, 1.165) is 0 Å². The predicted octanol–water partition coefficient (Wildman–Crippen LogP) is 0.956. The summed E-state index contributed by atoms with van der Waals surface area (Å²) in [5, 5.41) is 5.84. The Labute approximate surface area is 159 Å². The van der Waals surface area contributed by atoms with Gasteiger partial charge >= 0.3 is 6.09 Å². The van der Waals surface area contributed by atoms with Crippen molar-refractivity contribution in [3.63, 3.8) is 0 Å².